The van der Waals surface area contributed by atoms with Crippen molar-refractivity contribution in [3.8, 4) is 0 Å². The Kier molecular flexibility index (Phi) is 9.52. The molecule has 0 bridgehead atoms. The first-order chi connectivity index (χ1) is 12.4. The van der Waals surface area contributed by atoms with Crippen LogP contribution in [0.5, 0.6) is 0 Å². The molecular formula is C18H31ClN4O3S. The number of anilines is 2. The van der Waals surface area contributed by atoms with Gasteiger partial charge in [-0.2, -0.15) is 4.31 Å². The minimum Gasteiger partial charge on any atom is -0.384 e. The average Bonchev–Trinajstić information content (AvgIpc) is 2.64. The first kappa shape index (κ1) is 23.7. The van der Waals surface area contributed by atoms with E-state index in [-0.39, 0.29) is 29.1 Å². The molecule has 1 saturated heterocycles. The lowest BCUT2D eigenvalue weighted by molar-refractivity contribution is -0.120. The average molecular weight is 419 g/mol. The fourth-order valence-corrected chi connectivity index (χ4v) is 4.65. The number of rotatable bonds is 8. The maximum absolute atomic E-state index is 12.8. The van der Waals surface area contributed by atoms with E-state index in [1.807, 2.05) is 20.8 Å². The number of carbonyl (C=O) groups is 1. The predicted octanol–water partition coefficient (Wildman–Crippen LogP) is 2.51. The van der Waals surface area contributed by atoms with E-state index in [1.165, 1.54) is 4.31 Å². The van der Waals surface area contributed by atoms with Crippen molar-refractivity contribution in [2.24, 2.45) is 5.92 Å². The van der Waals surface area contributed by atoms with Gasteiger partial charge in [0.2, 0.25) is 15.9 Å². The second kappa shape index (κ2) is 10.8. The quantitative estimate of drug-likeness (QED) is 0.603. The zero-order valence-corrected chi connectivity index (χ0v) is 17.9. The molecule has 1 aromatic carbocycles. The highest BCUT2D eigenvalue weighted by atomic mass is 35.5. The maximum Gasteiger partial charge on any atom is 0.243 e. The van der Waals surface area contributed by atoms with Gasteiger partial charge in [0, 0.05) is 25.6 Å². The van der Waals surface area contributed by atoms with Crippen molar-refractivity contribution >= 4 is 39.7 Å². The van der Waals surface area contributed by atoms with Gasteiger partial charge in [0.15, 0.2) is 0 Å². The van der Waals surface area contributed by atoms with Crippen molar-refractivity contribution in [3.05, 3.63) is 18.2 Å². The number of nitrogens with zero attached hydrogens (tertiary/aromatic N) is 1. The largest absolute Gasteiger partial charge is 0.384 e. The fraction of sp³-hybridized carbons (Fsp3) is 0.611. The molecule has 0 aromatic heterocycles. The van der Waals surface area contributed by atoms with Crippen LogP contribution < -0.4 is 16.0 Å². The summed E-state index contributed by atoms with van der Waals surface area (Å²) >= 11 is 0. The maximum atomic E-state index is 12.8. The van der Waals surface area contributed by atoms with Crippen molar-refractivity contribution in [1.29, 1.82) is 0 Å². The summed E-state index contributed by atoms with van der Waals surface area (Å²) in [6.45, 7) is 8.73. The predicted molar refractivity (Wildman–Crippen MR) is 112 cm³/mol. The fourth-order valence-electron chi connectivity index (χ4n) is 3.16. The summed E-state index contributed by atoms with van der Waals surface area (Å²) in [4.78, 5) is 12.8. The first-order valence-corrected chi connectivity index (χ1v) is 10.8. The summed E-state index contributed by atoms with van der Waals surface area (Å²) in [5.41, 5.74) is 1.25. The van der Waals surface area contributed by atoms with Gasteiger partial charge in [-0.05, 0) is 51.1 Å². The Morgan fingerprint density at radius 1 is 1.15 bits per heavy atom. The molecule has 1 aliphatic heterocycles. The summed E-state index contributed by atoms with van der Waals surface area (Å²) in [6, 6.07) is 4.87. The van der Waals surface area contributed by atoms with Gasteiger partial charge in [0.25, 0.3) is 0 Å². The number of carbonyl (C=O) groups excluding carboxylic acids is 1. The van der Waals surface area contributed by atoms with Gasteiger partial charge in [0.1, 0.15) is 0 Å². The lowest BCUT2D eigenvalue weighted by Crippen LogP contribution is -2.35. The van der Waals surface area contributed by atoms with E-state index in [0.29, 0.717) is 25.3 Å². The van der Waals surface area contributed by atoms with Crippen LogP contribution in [0.3, 0.4) is 0 Å². The molecule has 1 aliphatic rings. The van der Waals surface area contributed by atoms with Gasteiger partial charge in [-0.1, -0.05) is 13.8 Å². The molecule has 1 heterocycles. The molecule has 154 valence electrons. The number of hydrogen-bond acceptors (Lipinski definition) is 5. The van der Waals surface area contributed by atoms with Crippen LogP contribution in [0, 0.1) is 5.92 Å². The normalized spacial score (nSPS) is 15.3. The Balaban J connectivity index is 0.00000364. The van der Waals surface area contributed by atoms with Gasteiger partial charge in [0.05, 0.1) is 16.3 Å². The van der Waals surface area contributed by atoms with Crippen LogP contribution in [-0.2, 0) is 14.8 Å². The van der Waals surface area contributed by atoms with E-state index >= 15 is 0 Å². The molecule has 7 nitrogen and oxygen atoms in total. The molecular weight excluding hydrogens is 388 g/mol. The molecule has 3 N–H and O–H groups in total. The molecule has 0 unspecified atom stereocenters. The first-order valence-electron chi connectivity index (χ1n) is 9.33. The summed E-state index contributed by atoms with van der Waals surface area (Å²) in [5, 5.41) is 9.37. The molecule has 0 spiro atoms. The van der Waals surface area contributed by atoms with Crippen LogP contribution in [0.25, 0.3) is 0 Å². The number of nitrogens with one attached hydrogen (secondary N) is 3. The summed E-state index contributed by atoms with van der Waals surface area (Å²) < 4.78 is 27.0. The van der Waals surface area contributed by atoms with Crippen molar-refractivity contribution in [1.82, 2.24) is 9.62 Å². The second-order valence-electron chi connectivity index (χ2n) is 6.34. The monoisotopic (exact) mass is 418 g/mol. The standard InChI is InChI=1S/C18H30N4O3S.ClH/c1-4-20-16-8-7-15(26(24,25)22(5-2)6-3)13-17(16)21-18(23)14-9-11-19-12-10-14;/h7-8,13-14,19-20H,4-6,9-12H2,1-3H3,(H,21,23);1H. The zero-order chi connectivity index (χ0) is 19.2. The minimum absolute atomic E-state index is 0. The van der Waals surface area contributed by atoms with Crippen LogP contribution >= 0.6 is 12.4 Å². The second-order valence-corrected chi connectivity index (χ2v) is 8.28. The molecule has 2 rings (SSSR count). The van der Waals surface area contributed by atoms with Crippen molar-refractivity contribution in [3.63, 3.8) is 0 Å². The van der Waals surface area contributed by atoms with E-state index in [9.17, 15) is 13.2 Å². The Labute approximate surface area is 168 Å². The molecule has 0 aliphatic carbocycles. The van der Waals surface area contributed by atoms with Crippen molar-refractivity contribution in [2.45, 2.75) is 38.5 Å². The van der Waals surface area contributed by atoms with Crippen molar-refractivity contribution in [2.75, 3.05) is 43.4 Å². The van der Waals surface area contributed by atoms with Gasteiger partial charge in [-0.25, -0.2) is 8.42 Å². The highest BCUT2D eigenvalue weighted by Gasteiger charge is 2.25. The van der Waals surface area contributed by atoms with Crippen LogP contribution in [0.2, 0.25) is 0 Å². The van der Waals surface area contributed by atoms with E-state index in [0.717, 1.165) is 31.6 Å². The van der Waals surface area contributed by atoms with Crippen LogP contribution in [0.15, 0.2) is 23.1 Å². The number of benzene rings is 1. The smallest absolute Gasteiger partial charge is 0.243 e. The van der Waals surface area contributed by atoms with Crippen LogP contribution in [0.4, 0.5) is 11.4 Å². The highest BCUT2D eigenvalue weighted by molar-refractivity contribution is 7.89. The van der Waals surface area contributed by atoms with Crippen LogP contribution in [-0.4, -0.2) is 51.4 Å². The number of piperidine rings is 1. The van der Waals surface area contributed by atoms with E-state index in [2.05, 4.69) is 16.0 Å². The highest BCUT2D eigenvalue weighted by Crippen LogP contribution is 2.28. The lowest BCUT2D eigenvalue weighted by Gasteiger charge is -2.23. The number of halogens is 1. The van der Waals surface area contributed by atoms with E-state index in [4.69, 9.17) is 0 Å². The van der Waals surface area contributed by atoms with Crippen molar-refractivity contribution < 1.29 is 13.2 Å². The van der Waals surface area contributed by atoms with Gasteiger partial charge in [-0.15, -0.1) is 12.4 Å². The summed E-state index contributed by atoms with van der Waals surface area (Å²) in [7, 11) is -3.57. The molecule has 0 radical (unpaired) electrons. The topological polar surface area (TPSA) is 90.5 Å². The number of sulfonamides is 1. The number of amides is 1. The Hall–Kier alpha value is -1.35. The Bertz CT molecular complexity index is 717. The molecule has 1 amide bonds. The third kappa shape index (κ3) is 5.81. The SMILES string of the molecule is CCNc1ccc(S(=O)(=O)N(CC)CC)cc1NC(=O)C1CCNCC1.Cl. The summed E-state index contributed by atoms with van der Waals surface area (Å²) in [6.07, 6.45) is 1.58. The Morgan fingerprint density at radius 3 is 2.33 bits per heavy atom. The van der Waals surface area contributed by atoms with E-state index in [1.54, 1.807) is 18.2 Å². The van der Waals surface area contributed by atoms with E-state index < -0.39 is 10.0 Å². The number of hydrogen-bond donors (Lipinski definition) is 3. The van der Waals surface area contributed by atoms with Gasteiger partial charge >= 0.3 is 0 Å². The van der Waals surface area contributed by atoms with Gasteiger partial charge < -0.3 is 16.0 Å². The molecule has 1 fully saturated rings. The van der Waals surface area contributed by atoms with Gasteiger partial charge in [-0.3, -0.25) is 4.79 Å². The third-order valence-corrected chi connectivity index (χ3v) is 6.72. The zero-order valence-electron chi connectivity index (χ0n) is 16.2. The lowest BCUT2D eigenvalue weighted by atomic mass is 9.97. The molecule has 0 saturated carbocycles. The Morgan fingerprint density at radius 2 is 1.78 bits per heavy atom. The molecule has 9 heteroatoms. The van der Waals surface area contributed by atoms with Crippen LogP contribution in [0.1, 0.15) is 33.6 Å². The minimum atomic E-state index is -3.57. The molecule has 0 atom stereocenters. The molecule has 1 aromatic rings. The summed E-state index contributed by atoms with van der Waals surface area (Å²) in [5.74, 6) is -0.100. The third-order valence-electron chi connectivity index (χ3n) is 4.67. The molecule has 27 heavy (non-hydrogen) atoms.